The van der Waals surface area contributed by atoms with Crippen LogP contribution in [0.5, 0.6) is 11.5 Å². The minimum atomic E-state index is -0.331. The minimum Gasteiger partial charge on any atom is -0.493 e. The van der Waals surface area contributed by atoms with Crippen molar-refractivity contribution in [2.45, 2.75) is 26.7 Å². The van der Waals surface area contributed by atoms with E-state index in [2.05, 4.69) is 40.3 Å². The zero-order valence-corrected chi connectivity index (χ0v) is 18.9. The highest BCUT2D eigenvalue weighted by Crippen LogP contribution is 2.29. The van der Waals surface area contributed by atoms with Crippen molar-refractivity contribution in [2.75, 3.05) is 13.2 Å². The number of nitrogens with one attached hydrogen (secondary N) is 1. The molecule has 0 fully saturated rings. The van der Waals surface area contributed by atoms with Crippen molar-refractivity contribution in [3.63, 3.8) is 0 Å². The number of hydrazone groups is 1. The van der Waals surface area contributed by atoms with Gasteiger partial charge in [0.1, 0.15) is 11.5 Å². The Bertz CT molecular complexity index is 1060. The van der Waals surface area contributed by atoms with Gasteiger partial charge in [-0.05, 0) is 53.4 Å². The molecule has 6 heteroatoms. The molecule has 1 N–H and O–H groups in total. The van der Waals surface area contributed by atoms with Gasteiger partial charge < -0.3 is 9.47 Å². The number of carbonyl (C=O) groups excluding carboxylic acids is 1. The van der Waals surface area contributed by atoms with Crippen LogP contribution >= 0.6 is 15.9 Å². The second-order valence-corrected chi connectivity index (χ2v) is 7.97. The van der Waals surface area contributed by atoms with Gasteiger partial charge in [0.2, 0.25) is 0 Å². The van der Waals surface area contributed by atoms with E-state index in [1.807, 2.05) is 61.5 Å². The van der Waals surface area contributed by atoms with Gasteiger partial charge in [-0.25, -0.2) is 5.43 Å². The second-order valence-electron chi connectivity index (χ2n) is 7.05. The number of fused-ring (bicyclic) bond motifs is 1. The van der Waals surface area contributed by atoms with E-state index in [9.17, 15) is 4.79 Å². The van der Waals surface area contributed by atoms with E-state index < -0.39 is 0 Å². The van der Waals surface area contributed by atoms with E-state index in [0.717, 1.165) is 32.1 Å². The first kappa shape index (κ1) is 21.8. The summed E-state index contributed by atoms with van der Waals surface area (Å²) in [7, 11) is 0. The number of benzene rings is 3. The molecule has 0 radical (unpaired) electrons. The molecule has 5 nitrogen and oxygen atoms in total. The van der Waals surface area contributed by atoms with Gasteiger partial charge in [0, 0.05) is 10.0 Å². The highest BCUT2D eigenvalue weighted by atomic mass is 79.9. The fraction of sp³-hybridized carbons (Fsp3) is 0.250. The summed E-state index contributed by atoms with van der Waals surface area (Å²) in [6.07, 6.45) is 1.62. The summed E-state index contributed by atoms with van der Waals surface area (Å²) < 4.78 is 12.4. The van der Waals surface area contributed by atoms with Gasteiger partial charge in [0.25, 0.3) is 5.91 Å². The number of nitrogens with zero attached hydrogens (tertiary/aromatic N) is 1. The van der Waals surface area contributed by atoms with Crippen LogP contribution in [-0.4, -0.2) is 25.3 Å². The maximum Gasteiger partial charge on any atom is 0.277 e. The van der Waals surface area contributed by atoms with E-state index in [0.29, 0.717) is 12.4 Å². The maximum atomic E-state index is 12.2. The summed E-state index contributed by atoms with van der Waals surface area (Å²) in [6.45, 7) is 6.53. The normalized spacial score (nSPS) is 11.2. The summed E-state index contributed by atoms with van der Waals surface area (Å²) in [5, 5.41) is 6.21. The van der Waals surface area contributed by atoms with Crippen molar-refractivity contribution in [3.8, 4) is 11.5 Å². The van der Waals surface area contributed by atoms with Gasteiger partial charge in [0.15, 0.2) is 6.61 Å². The van der Waals surface area contributed by atoms with Crippen LogP contribution in [0.15, 0.2) is 64.2 Å². The first-order chi connectivity index (χ1) is 14.5. The molecule has 1 amide bonds. The molecule has 3 aromatic carbocycles. The quantitative estimate of drug-likeness (QED) is 0.343. The Labute approximate surface area is 185 Å². The van der Waals surface area contributed by atoms with Crippen molar-refractivity contribution < 1.29 is 14.3 Å². The molecule has 3 aromatic rings. The molecule has 0 saturated carbocycles. The Morgan fingerprint density at radius 3 is 2.63 bits per heavy atom. The lowest BCUT2D eigenvalue weighted by atomic mass is 10.0. The Morgan fingerprint density at radius 2 is 1.87 bits per heavy atom. The molecular formula is C24H25BrN2O3. The molecule has 0 spiro atoms. The predicted octanol–water partition coefficient (Wildman–Crippen LogP) is 5.65. The molecule has 0 atom stereocenters. The average Bonchev–Trinajstić information content (AvgIpc) is 2.74. The number of halogens is 1. The Kier molecular flexibility index (Phi) is 7.46. The number of ether oxygens (including phenoxy) is 2. The first-order valence-electron chi connectivity index (χ1n) is 9.88. The zero-order valence-electron chi connectivity index (χ0n) is 17.3. The molecule has 156 valence electrons. The van der Waals surface area contributed by atoms with Gasteiger partial charge in [0.05, 0.1) is 12.8 Å². The summed E-state index contributed by atoms with van der Waals surface area (Å²) in [5.41, 5.74) is 4.40. The summed E-state index contributed by atoms with van der Waals surface area (Å²) >= 11 is 3.47. The molecule has 0 unspecified atom stereocenters. The molecule has 0 aliphatic rings. The molecule has 0 saturated heterocycles. The van der Waals surface area contributed by atoms with Crippen LogP contribution in [0.25, 0.3) is 10.8 Å². The fourth-order valence-electron chi connectivity index (χ4n) is 3.14. The third-order valence-corrected chi connectivity index (χ3v) is 5.06. The third-order valence-electron chi connectivity index (χ3n) is 4.57. The largest absolute Gasteiger partial charge is 0.493 e. The topological polar surface area (TPSA) is 59.9 Å². The standard InChI is InChI=1S/C24H25BrN2O3/c1-4-29-23-11-9-17-7-5-6-8-19(17)21(23)14-26-27-24(28)15-30-22-12-10-18(25)13-20(22)16(2)3/h5-14,16H,4,15H2,1-3H3,(H,27,28)/b26-14+. The second kappa shape index (κ2) is 10.3. The van der Waals surface area contributed by atoms with Crippen LogP contribution in [0.3, 0.4) is 0 Å². The third kappa shape index (κ3) is 5.39. The molecule has 3 rings (SSSR count). The van der Waals surface area contributed by atoms with Crippen molar-refractivity contribution in [3.05, 3.63) is 70.2 Å². The van der Waals surface area contributed by atoms with E-state index in [1.165, 1.54) is 0 Å². The van der Waals surface area contributed by atoms with Crippen molar-refractivity contribution in [1.29, 1.82) is 0 Å². The molecule has 0 heterocycles. The first-order valence-corrected chi connectivity index (χ1v) is 10.7. The number of rotatable bonds is 8. The average molecular weight is 469 g/mol. The van der Waals surface area contributed by atoms with Gasteiger partial charge in [-0.2, -0.15) is 5.10 Å². The minimum absolute atomic E-state index is 0.119. The lowest BCUT2D eigenvalue weighted by Gasteiger charge is -2.14. The molecule has 0 bridgehead atoms. The van der Waals surface area contributed by atoms with Crippen LogP contribution in [0.4, 0.5) is 0 Å². The number of amides is 1. The van der Waals surface area contributed by atoms with Crippen LogP contribution < -0.4 is 14.9 Å². The lowest BCUT2D eigenvalue weighted by Crippen LogP contribution is -2.25. The smallest absolute Gasteiger partial charge is 0.277 e. The summed E-state index contributed by atoms with van der Waals surface area (Å²) in [5.74, 6) is 1.37. The van der Waals surface area contributed by atoms with Crippen LogP contribution in [0.1, 0.15) is 37.8 Å². The van der Waals surface area contributed by atoms with Crippen LogP contribution in [0, 0.1) is 0 Å². The monoisotopic (exact) mass is 468 g/mol. The predicted molar refractivity (Wildman–Crippen MR) is 125 cm³/mol. The Morgan fingerprint density at radius 1 is 1.10 bits per heavy atom. The number of hydrogen-bond acceptors (Lipinski definition) is 4. The fourth-order valence-corrected chi connectivity index (χ4v) is 3.52. The number of hydrogen-bond donors (Lipinski definition) is 1. The Balaban J connectivity index is 1.69. The SMILES string of the molecule is CCOc1ccc2ccccc2c1/C=N/NC(=O)COc1ccc(Br)cc1C(C)C. The van der Waals surface area contributed by atoms with E-state index >= 15 is 0 Å². The van der Waals surface area contributed by atoms with Gasteiger partial charge in [-0.3, -0.25) is 4.79 Å². The van der Waals surface area contributed by atoms with Gasteiger partial charge in [-0.1, -0.05) is 60.1 Å². The molecule has 0 aliphatic heterocycles. The highest BCUT2D eigenvalue weighted by molar-refractivity contribution is 9.10. The van der Waals surface area contributed by atoms with Crippen molar-refractivity contribution >= 4 is 38.8 Å². The summed E-state index contributed by atoms with van der Waals surface area (Å²) in [6, 6.07) is 17.7. The lowest BCUT2D eigenvalue weighted by molar-refractivity contribution is -0.123. The molecule has 0 aromatic heterocycles. The van der Waals surface area contributed by atoms with Crippen LogP contribution in [-0.2, 0) is 4.79 Å². The highest BCUT2D eigenvalue weighted by Gasteiger charge is 2.11. The summed E-state index contributed by atoms with van der Waals surface area (Å²) in [4.78, 5) is 12.2. The Hall–Kier alpha value is -2.86. The van der Waals surface area contributed by atoms with Crippen molar-refractivity contribution in [1.82, 2.24) is 5.43 Å². The molecule has 30 heavy (non-hydrogen) atoms. The van der Waals surface area contributed by atoms with Crippen molar-refractivity contribution in [2.24, 2.45) is 5.10 Å². The number of carbonyl (C=O) groups is 1. The maximum absolute atomic E-state index is 12.2. The van der Waals surface area contributed by atoms with E-state index in [-0.39, 0.29) is 18.4 Å². The molecular weight excluding hydrogens is 444 g/mol. The van der Waals surface area contributed by atoms with Crippen LogP contribution in [0.2, 0.25) is 0 Å². The zero-order chi connectivity index (χ0) is 21.5. The van der Waals surface area contributed by atoms with E-state index in [4.69, 9.17) is 9.47 Å². The van der Waals surface area contributed by atoms with Gasteiger partial charge in [-0.15, -0.1) is 0 Å². The van der Waals surface area contributed by atoms with Gasteiger partial charge >= 0.3 is 0 Å². The molecule has 0 aliphatic carbocycles. The van der Waals surface area contributed by atoms with E-state index in [1.54, 1.807) is 6.21 Å².